The molecule has 0 heterocycles. The lowest BCUT2D eigenvalue weighted by Crippen LogP contribution is -2.11. The summed E-state index contributed by atoms with van der Waals surface area (Å²) in [6.45, 7) is 7.72. The van der Waals surface area contributed by atoms with Gasteiger partial charge in [0.1, 0.15) is 0 Å². The summed E-state index contributed by atoms with van der Waals surface area (Å²) in [5.74, 6) is -0.150. The van der Waals surface area contributed by atoms with Crippen LogP contribution in [0.4, 0.5) is 5.69 Å². The first-order chi connectivity index (χ1) is 11.6. The molecule has 0 aliphatic rings. The minimum Gasteiger partial charge on any atom is -0.322 e. The molecule has 1 N–H and O–H groups in total. The van der Waals surface area contributed by atoms with Crippen molar-refractivity contribution < 1.29 is 4.79 Å². The zero-order valence-electron chi connectivity index (χ0n) is 13.1. The summed E-state index contributed by atoms with van der Waals surface area (Å²) in [6, 6.07) is 17.0. The highest BCUT2D eigenvalue weighted by molar-refractivity contribution is 7.80. The van der Waals surface area contributed by atoms with E-state index < -0.39 is 0 Å². The van der Waals surface area contributed by atoms with Gasteiger partial charge in [-0.25, -0.2) is 0 Å². The maximum Gasteiger partial charge on any atom is 0.255 e. The Labute approximate surface area is 146 Å². The Bertz CT molecular complexity index is 942. The molecule has 3 rings (SSSR count). The predicted octanol–water partition coefficient (Wildman–Crippen LogP) is 5.67. The zero-order chi connectivity index (χ0) is 17.1. The Morgan fingerprint density at radius 2 is 1.67 bits per heavy atom. The van der Waals surface area contributed by atoms with Gasteiger partial charge in [0.15, 0.2) is 0 Å². The summed E-state index contributed by atoms with van der Waals surface area (Å²) in [5, 5.41) is 4.95. The van der Waals surface area contributed by atoms with E-state index in [9.17, 15) is 4.79 Å². The minimum atomic E-state index is -0.150. The van der Waals surface area contributed by atoms with Gasteiger partial charge in [-0.15, -0.1) is 12.6 Å². The van der Waals surface area contributed by atoms with E-state index >= 15 is 0 Å². The second-order valence-corrected chi connectivity index (χ2v) is 5.93. The lowest BCUT2D eigenvalue weighted by molar-refractivity contribution is 0.102. The lowest BCUT2D eigenvalue weighted by atomic mass is 9.97. The van der Waals surface area contributed by atoms with Gasteiger partial charge < -0.3 is 5.32 Å². The molecule has 0 atom stereocenters. The number of benzene rings is 3. The molecule has 0 aliphatic carbocycles. The number of carbonyl (C=O) groups is 1. The van der Waals surface area contributed by atoms with Crippen molar-refractivity contribution in [3.05, 3.63) is 84.4 Å². The maximum atomic E-state index is 12.5. The summed E-state index contributed by atoms with van der Waals surface area (Å²) in [4.78, 5) is 13.4. The molecule has 3 aromatic carbocycles. The summed E-state index contributed by atoms with van der Waals surface area (Å²) in [5.41, 5.74) is 3.32. The van der Waals surface area contributed by atoms with E-state index in [1.807, 2.05) is 54.6 Å². The molecule has 2 nitrogen and oxygen atoms in total. The molecule has 0 unspecified atom stereocenters. The van der Waals surface area contributed by atoms with Crippen LogP contribution < -0.4 is 5.32 Å². The second kappa shape index (κ2) is 6.77. The number of carbonyl (C=O) groups excluding carboxylic acids is 1. The Morgan fingerprint density at radius 1 is 0.958 bits per heavy atom. The topological polar surface area (TPSA) is 29.1 Å². The van der Waals surface area contributed by atoms with Gasteiger partial charge in [-0.3, -0.25) is 4.79 Å². The van der Waals surface area contributed by atoms with Crippen LogP contribution in [0.15, 0.2) is 72.7 Å². The van der Waals surface area contributed by atoms with Crippen molar-refractivity contribution in [2.24, 2.45) is 0 Å². The van der Waals surface area contributed by atoms with Gasteiger partial charge >= 0.3 is 0 Å². The van der Waals surface area contributed by atoms with E-state index in [2.05, 4.69) is 31.1 Å². The zero-order valence-corrected chi connectivity index (χ0v) is 14.0. The van der Waals surface area contributed by atoms with Crippen LogP contribution in [-0.4, -0.2) is 5.91 Å². The highest BCUT2D eigenvalue weighted by Gasteiger charge is 2.09. The Morgan fingerprint density at radius 3 is 2.33 bits per heavy atom. The highest BCUT2D eigenvalue weighted by atomic mass is 32.1. The number of amides is 1. The average Bonchev–Trinajstić information content (AvgIpc) is 2.62. The standard InChI is InChI=1S/C21H17NOS/c1-3-14-5-6-15-7-8-16(13-20(15)19(14)4-2)21(23)22-17-9-11-18(24)12-10-17/h3-13,24H,1-2H2,(H,22,23). The van der Waals surface area contributed by atoms with Crippen LogP contribution in [0.3, 0.4) is 0 Å². The molecule has 0 saturated heterocycles. The first-order valence-electron chi connectivity index (χ1n) is 7.54. The highest BCUT2D eigenvalue weighted by Crippen LogP contribution is 2.26. The van der Waals surface area contributed by atoms with Gasteiger partial charge in [0, 0.05) is 16.1 Å². The summed E-state index contributed by atoms with van der Waals surface area (Å²) in [7, 11) is 0. The predicted molar refractivity (Wildman–Crippen MR) is 106 cm³/mol. The molecule has 1 amide bonds. The number of hydrogen-bond acceptors (Lipinski definition) is 2. The normalized spacial score (nSPS) is 10.4. The van der Waals surface area contributed by atoms with Crippen molar-refractivity contribution in [1.82, 2.24) is 0 Å². The molecule has 3 heteroatoms. The van der Waals surface area contributed by atoms with E-state index in [1.165, 1.54) is 0 Å². The Hall–Kier alpha value is -2.78. The SMILES string of the molecule is C=Cc1ccc2ccc(C(=O)Nc3ccc(S)cc3)cc2c1C=C. The van der Waals surface area contributed by atoms with Crippen molar-refractivity contribution in [2.45, 2.75) is 4.90 Å². The van der Waals surface area contributed by atoms with Crippen molar-refractivity contribution >= 4 is 47.1 Å². The van der Waals surface area contributed by atoms with E-state index in [0.29, 0.717) is 5.56 Å². The molecule has 0 radical (unpaired) electrons. The fraction of sp³-hybridized carbons (Fsp3) is 0. The lowest BCUT2D eigenvalue weighted by Gasteiger charge is -2.10. The number of anilines is 1. The van der Waals surface area contributed by atoms with Crippen LogP contribution in [0.1, 0.15) is 21.5 Å². The van der Waals surface area contributed by atoms with Crippen LogP contribution in [-0.2, 0) is 0 Å². The molecule has 0 aliphatic heterocycles. The van der Waals surface area contributed by atoms with E-state index in [0.717, 1.165) is 32.5 Å². The van der Waals surface area contributed by atoms with Gasteiger partial charge in [-0.2, -0.15) is 0 Å². The molecule has 0 spiro atoms. The van der Waals surface area contributed by atoms with Crippen LogP contribution in [0.2, 0.25) is 0 Å². The van der Waals surface area contributed by atoms with Crippen molar-refractivity contribution in [3.63, 3.8) is 0 Å². The molecule has 0 saturated carbocycles. The molecule has 3 aromatic rings. The quantitative estimate of drug-likeness (QED) is 0.593. The Balaban J connectivity index is 2.00. The van der Waals surface area contributed by atoms with Gasteiger partial charge in [0.25, 0.3) is 5.91 Å². The molecular weight excluding hydrogens is 314 g/mol. The molecule has 0 fully saturated rings. The third-order valence-electron chi connectivity index (χ3n) is 3.91. The molecule has 0 aromatic heterocycles. The van der Waals surface area contributed by atoms with Crippen LogP contribution in [0, 0.1) is 0 Å². The summed E-state index contributed by atoms with van der Waals surface area (Å²) in [6.07, 6.45) is 3.59. The van der Waals surface area contributed by atoms with Crippen molar-refractivity contribution in [2.75, 3.05) is 5.32 Å². The smallest absolute Gasteiger partial charge is 0.255 e. The monoisotopic (exact) mass is 331 g/mol. The number of hydrogen-bond donors (Lipinski definition) is 2. The van der Waals surface area contributed by atoms with Gasteiger partial charge in [0.2, 0.25) is 0 Å². The molecule has 24 heavy (non-hydrogen) atoms. The fourth-order valence-corrected chi connectivity index (χ4v) is 2.80. The Kier molecular flexibility index (Phi) is 4.54. The fourth-order valence-electron chi connectivity index (χ4n) is 2.65. The number of nitrogens with one attached hydrogen (secondary N) is 1. The summed E-state index contributed by atoms with van der Waals surface area (Å²) >= 11 is 4.24. The number of rotatable bonds is 4. The number of fused-ring (bicyclic) bond motifs is 1. The van der Waals surface area contributed by atoms with Gasteiger partial charge in [0.05, 0.1) is 0 Å². The van der Waals surface area contributed by atoms with Crippen LogP contribution in [0.25, 0.3) is 22.9 Å². The first kappa shape index (κ1) is 16.1. The van der Waals surface area contributed by atoms with Gasteiger partial charge in [-0.05, 0) is 58.3 Å². The van der Waals surface area contributed by atoms with Crippen molar-refractivity contribution in [1.29, 1.82) is 0 Å². The van der Waals surface area contributed by atoms with E-state index in [1.54, 1.807) is 12.2 Å². The van der Waals surface area contributed by atoms with E-state index in [4.69, 9.17) is 0 Å². The summed E-state index contributed by atoms with van der Waals surface area (Å²) < 4.78 is 0. The molecule has 118 valence electrons. The average molecular weight is 331 g/mol. The third kappa shape index (κ3) is 3.12. The minimum absolute atomic E-state index is 0.150. The first-order valence-corrected chi connectivity index (χ1v) is 7.99. The second-order valence-electron chi connectivity index (χ2n) is 5.41. The number of thiol groups is 1. The third-order valence-corrected chi connectivity index (χ3v) is 4.21. The maximum absolute atomic E-state index is 12.5. The van der Waals surface area contributed by atoms with Crippen LogP contribution in [0.5, 0.6) is 0 Å². The molecular formula is C21H17NOS. The van der Waals surface area contributed by atoms with Crippen molar-refractivity contribution in [3.8, 4) is 0 Å². The van der Waals surface area contributed by atoms with Gasteiger partial charge in [-0.1, -0.05) is 43.5 Å². The largest absolute Gasteiger partial charge is 0.322 e. The van der Waals surface area contributed by atoms with Crippen LogP contribution >= 0.6 is 12.6 Å². The van der Waals surface area contributed by atoms with E-state index in [-0.39, 0.29) is 5.91 Å². The molecule has 0 bridgehead atoms.